The van der Waals surface area contributed by atoms with E-state index in [0.717, 1.165) is 37.6 Å². The van der Waals surface area contributed by atoms with Crippen LogP contribution in [-0.2, 0) is 13.6 Å². The standard InChI is InChI=1S/C13H23N5/c1-5-8-15-13-12(11(2)16-18(13)4)10-17(3)9-6-7-14/h15H,5-6,8-10H2,1-4H3. The summed E-state index contributed by atoms with van der Waals surface area (Å²) in [6.07, 6.45) is 1.65. The van der Waals surface area contributed by atoms with Crippen molar-refractivity contribution in [2.45, 2.75) is 33.2 Å². The van der Waals surface area contributed by atoms with Crippen molar-refractivity contribution in [3.05, 3.63) is 11.3 Å². The van der Waals surface area contributed by atoms with Crippen molar-refractivity contribution < 1.29 is 0 Å². The predicted octanol–water partition coefficient (Wildman–Crippen LogP) is 1.90. The van der Waals surface area contributed by atoms with Crippen molar-refractivity contribution in [1.82, 2.24) is 14.7 Å². The molecule has 0 saturated carbocycles. The molecule has 0 atom stereocenters. The van der Waals surface area contributed by atoms with Gasteiger partial charge in [0.15, 0.2) is 0 Å². The van der Waals surface area contributed by atoms with Crippen molar-refractivity contribution in [2.75, 3.05) is 25.5 Å². The van der Waals surface area contributed by atoms with E-state index >= 15 is 0 Å². The summed E-state index contributed by atoms with van der Waals surface area (Å²) < 4.78 is 1.90. The second-order valence-corrected chi connectivity index (χ2v) is 4.61. The highest BCUT2D eigenvalue weighted by Gasteiger charge is 2.14. The molecule has 5 nitrogen and oxygen atoms in total. The number of aryl methyl sites for hydroxylation is 2. The van der Waals surface area contributed by atoms with Crippen molar-refractivity contribution >= 4 is 5.82 Å². The molecule has 0 fully saturated rings. The molecule has 1 rings (SSSR count). The Morgan fingerprint density at radius 1 is 1.50 bits per heavy atom. The second-order valence-electron chi connectivity index (χ2n) is 4.61. The molecule has 0 bridgehead atoms. The van der Waals surface area contributed by atoms with Gasteiger partial charge in [0.1, 0.15) is 5.82 Å². The maximum absolute atomic E-state index is 8.61. The van der Waals surface area contributed by atoms with Crippen LogP contribution in [0.4, 0.5) is 5.82 Å². The Balaban J connectivity index is 2.77. The number of nitriles is 1. The summed E-state index contributed by atoms with van der Waals surface area (Å²) in [5, 5.41) is 16.5. The van der Waals surface area contributed by atoms with Crippen LogP contribution < -0.4 is 5.32 Å². The van der Waals surface area contributed by atoms with Gasteiger partial charge in [-0.1, -0.05) is 6.92 Å². The minimum absolute atomic E-state index is 0.563. The Morgan fingerprint density at radius 3 is 2.83 bits per heavy atom. The zero-order valence-electron chi connectivity index (χ0n) is 11.8. The minimum atomic E-state index is 0.563. The van der Waals surface area contributed by atoms with Gasteiger partial charge in [-0.3, -0.25) is 4.68 Å². The number of nitrogens with zero attached hydrogens (tertiary/aromatic N) is 4. The van der Waals surface area contributed by atoms with E-state index in [-0.39, 0.29) is 0 Å². The highest BCUT2D eigenvalue weighted by atomic mass is 15.3. The van der Waals surface area contributed by atoms with Crippen LogP contribution in [-0.4, -0.2) is 34.8 Å². The van der Waals surface area contributed by atoms with Crippen molar-refractivity contribution in [3.63, 3.8) is 0 Å². The van der Waals surface area contributed by atoms with E-state index in [1.165, 1.54) is 5.56 Å². The Labute approximate surface area is 109 Å². The predicted molar refractivity (Wildman–Crippen MR) is 73.3 cm³/mol. The zero-order chi connectivity index (χ0) is 13.5. The lowest BCUT2D eigenvalue weighted by Crippen LogP contribution is -2.20. The van der Waals surface area contributed by atoms with Crippen LogP contribution in [0.5, 0.6) is 0 Å². The van der Waals surface area contributed by atoms with Gasteiger partial charge in [0, 0.05) is 38.7 Å². The summed E-state index contributed by atoms with van der Waals surface area (Å²) in [7, 11) is 4.00. The highest BCUT2D eigenvalue weighted by molar-refractivity contribution is 5.47. The molecule has 0 radical (unpaired) electrons. The fourth-order valence-corrected chi connectivity index (χ4v) is 1.95. The van der Waals surface area contributed by atoms with E-state index in [1.54, 1.807) is 0 Å². The molecule has 1 aromatic rings. The Bertz CT molecular complexity index is 416. The van der Waals surface area contributed by atoms with Crippen LogP contribution in [0.3, 0.4) is 0 Å². The van der Waals surface area contributed by atoms with Gasteiger partial charge in [0.05, 0.1) is 11.8 Å². The Morgan fingerprint density at radius 2 is 2.22 bits per heavy atom. The van der Waals surface area contributed by atoms with Gasteiger partial charge in [-0.25, -0.2) is 0 Å². The van der Waals surface area contributed by atoms with E-state index in [1.807, 2.05) is 25.7 Å². The summed E-state index contributed by atoms with van der Waals surface area (Å²) in [6.45, 7) is 6.75. The fraction of sp³-hybridized carbons (Fsp3) is 0.692. The van der Waals surface area contributed by atoms with E-state index in [4.69, 9.17) is 5.26 Å². The molecule has 1 heterocycles. The lowest BCUT2D eigenvalue weighted by atomic mass is 10.2. The topological polar surface area (TPSA) is 56.9 Å². The maximum Gasteiger partial charge on any atom is 0.128 e. The third kappa shape index (κ3) is 3.74. The van der Waals surface area contributed by atoms with Crippen LogP contribution in [0.2, 0.25) is 0 Å². The molecule has 0 amide bonds. The van der Waals surface area contributed by atoms with E-state index in [0.29, 0.717) is 6.42 Å². The number of nitrogens with one attached hydrogen (secondary N) is 1. The zero-order valence-corrected chi connectivity index (χ0v) is 11.8. The lowest BCUT2D eigenvalue weighted by molar-refractivity contribution is 0.334. The van der Waals surface area contributed by atoms with Gasteiger partial charge in [0.2, 0.25) is 0 Å². The summed E-state index contributed by atoms with van der Waals surface area (Å²) in [6, 6.07) is 2.17. The number of hydrogen-bond acceptors (Lipinski definition) is 4. The van der Waals surface area contributed by atoms with Crippen molar-refractivity contribution in [1.29, 1.82) is 5.26 Å². The molecule has 0 saturated heterocycles. The number of hydrogen-bond donors (Lipinski definition) is 1. The second kappa shape index (κ2) is 7.02. The normalized spacial score (nSPS) is 10.7. The molecule has 0 aromatic carbocycles. The number of rotatable bonds is 7. The summed E-state index contributed by atoms with van der Waals surface area (Å²) in [5.41, 5.74) is 2.28. The van der Waals surface area contributed by atoms with Crippen LogP contribution in [0, 0.1) is 18.3 Å². The first-order valence-electron chi connectivity index (χ1n) is 6.42. The molecule has 5 heteroatoms. The lowest BCUT2D eigenvalue weighted by Gasteiger charge is -2.16. The third-order valence-corrected chi connectivity index (χ3v) is 2.92. The van der Waals surface area contributed by atoms with Gasteiger partial charge in [-0.15, -0.1) is 0 Å². The molecular weight excluding hydrogens is 226 g/mol. The molecule has 18 heavy (non-hydrogen) atoms. The fourth-order valence-electron chi connectivity index (χ4n) is 1.95. The van der Waals surface area contributed by atoms with Crippen molar-refractivity contribution in [3.8, 4) is 6.07 Å². The largest absolute Gasteiger partial charge is 0.370 e. The average Bonchev–Trinajstić information content (AvgIpc) is 2.59. The monoisotopic (exact) mass is 249 g/mol. The first-order valence-corrected chi connectivity index (χ1v) is 6.42. The Kier molecular flexibility index (Phi) is 5.66. The van der Waals surface area contributed by atoms with Crippen LogP contribution >= 0.6 is 0 Å². The molecular formula is C13H23N5. The molecule has 100 valence electrons. The number of anilines is 1. The molecule has 1 N–H and O–H groups in total. The van der Waals surface area contributed by atoms with Gasteiger partial charge < -0.3 is 10.2 Å². The third-order valence-electron chi connectivity index (χ3n) is 2.92. The highest BCUT2D eigenvalue weighted by Crippen LogP contribution is 2.20. The van der Waals surface area contributed by atoms with Crippen LogP contribution in [0.25, 0.3) is 0 Å². The van der Waals surface area contributed by atoms with Gasteiger partial charge in [-0.2, -0.15) is 10.4 Å². The summed E-state index contributed by atoms with van der Waals surface area (Å²) in [5.74, 6) is 1.10. The van der Waals surface area contributed by atoms with Gasteiger partial charge >= 0.3 is 0 Å². The Hall–Kier alpha value is -1.54. The quantitative estimate of drug-likeness (QED) is 0.802. The van der Waals surface area contributed by atoms with E-state index in [2.05, 4.69) is 28.3 Å². The average molecular weight is 249 g/mol. The SMILES string of the molecule is CCCNc1c(CN(C)CCC#N)c(C)nn1C. The van der Waals surface area contributed by atoms with Crippen molar-refractivity contribution in [2.24, 2.45) is 7.05 Å². The smallest absolute Gasteiger partial charge is 0.128 e. The summed E-state index contributed by atoms with van der Waals surface area (Å²) >= 11 is 0. The summed E-state index contributed by atoms with van der Waals surface area (Å²) in [4.78, 5) is 2.16. The molecule has 0 aliphatic carbocycles. The van der Waals surface area contributed by atoms with Gasteiger partial charge in [0.25, 0.3) is 0 Å². The van der Waals surface area contributed by atoms with E-state index in [9.17, 15) is 0 Å². The maximum atomic E-state index is 8.61. The van der Waals surface area contributed by atoms with Crippen LogP contribution in [0.15, 0.2) is 0 Å². The number of aromatic nitrogens is 2. The first kappa shape index (κ1) is 14.5. The molecule has 0 unspecified atom stereocenters. The minimum Gasteiger partial charge on any atom is -0.370 e. The molecule has 0 aliphatic heterocycles. The van der Waals surface area contributed by atoms with E-state index < -0.39 is 0 Å². The van der Waals surface area contributed by atoms with Gasteiger partial charge in [-0.05, 0) is 20.4 Å². The first-order chi connectivity index (χ1) is 8.60. The van der Waals surface area contributed by atoms with Crippen LogP contribution in [0.1, 0.15) is 31.0 Å². The molecule has 1 aromatic heterocycles. The molecule has 0 spiro atoms. The molecule has 0 aliphatic rings.